The SMILES string of the molecule is COc1ccc(-c2ccc(Oc3ccc(C(=O)c4ccc(Oc5ccc(-c6ccc(Oc7c(F)c(F)c(S(=O)(=O)c8c(F)c(F)c(C)c(F)c8F)c(F)c7F)cc6)cc5)c(CS(=O)(=O)O)c4)cc3S(=O)(=O)OC)cc2)cc1.COc1ccc(C(C)(c2ccc(Oc3cccc(Oc4ccc(C(C)(c5ccc(Oc6c(F)c(F)c(S(=O)(=O)c7c(F)c(F)c(C)c(F)c7F)c(F)c6F)cc5)C(F)(F)F)cc4)c3C#N)cc2)C(F)(F)F)cc1. The highest BCUT2D eigenvalue weighted by Crippen LogP contribution is 2.52. The van der Waals surface area contributed by atoms with Gasteiger partial charge in [-0.3, -0.25) is 13.5 Å². The van der Waals surface area contributed by atoms with Crippen molar-refractivity contribution in [3.8, 4) is 109 Å². The van der Waals surface area contributed by atoms with Crippen molar-refractivity contribution in [1.82, 2.24) is 0 Å². The summed E-state index contributed by atoms with van der Waals surface area (Å²) in [5.74, 6) is -47.2. The summed E-state index contributed by atoms with van der Waals surface area (Å²) in [6, 6.07) is 55.3. The first kappa shape index (κ1) is 110. The lowest BCUT2D eigenvalue weighted by atomic mass is 9.75. The first-order valence-electron chi connectivity index (χ1n) is 42.6. The lowest BCUT2D eigenvalue weighted by Gasteiger charge is -2.33. The minimum absolute atomic E-state index is 0.0343. The van der Waals surface area contributed by atoms with Crippen molar-refractivity contribution in [2.45, 2.75) is 81.1 Å². The fourth-order valence-corrected chi connectivity index (χ4v) is 19.7. The lowest BCUT2D eigenvalue weighted by Crippen LogP contribution is -2.40. The van der Waals surface area contributed by atoms with E-state index < -0.39 is 237 Å². The zero-order chi connectivity index (χ0) is 110. The van der Waals surface area contributed by atoms with Gasteiger partial charge in [0.25, 0.3) is 20.2 Å². The van der Waals surface area contributed by atoms with Crippen molar-refractivity contribution in [3.05, 3.63) is 397 Å². The fraction of sp³-hybridized carbons (Fsp3) is 0.115. The molecule has 0 amide bonds. The van der Waals surface area contributed by atoms with Crippen molar-refractivity contribution in [3.63, 3.8) is 0 Å². The number of hydrogen-bond donors (Lipinski definition) is 1. The summed E-state index contributed by atoms with van der Waals surface area (Å²) in [7, 11) is -18.2. The first-order valence-corrected chi connectivity index (χ1v) is 48.5. The van der Waals surface area contributed by atoms with Gasteiger partial charge in [-0.2, -0.15) is 66.0 Å². The van der Waals surface area contributed by atoms with E-state index in [1.807, 2.05) is 18.2 Å². The van der Waals surface area contributed by atoms with Gasteiger partial charge in [-0.15, -0.1) is 0 Å². The second-order valence-electron chi connectivity index (χ2n) is 32.6. The molecule has 20 nitrogen and oxygen atoms in total. The second kappa shape index (κ2) is 42.3. The van der Waals surface area contributed by atoms with E-state index in [0.717, 1.165) is 92.7 Å². The summed E-state index contributed by atoms with van der Waals surface area (Å²) in [6.07, 6.45) is -9.83. The van der Waals surface area contributed by atoms with E-state index in [2.05, 4.69) is 0 Å². The molecule has 1 N–H and O–H groups in total. The van der Waals surface area contributed by atoms with Gasteiger partial charge in [-0.25, -0.2) is 69.5 Å². The zero-order valence-corrected chi connectivity index (χ0v) is 80.3. The number of hydrogen-bond acceptors (Lipinski definition) is 19. The van der Waals surface area contributed by atoms with Crippen LogP contribution < -0.4 is 37.9 Å². The molecule has 2 unspecified atom stereocenters. The topological polar surface area (TPSA) is 281 Å². The minimum atomic E-state index is -6.45. The molecule has 0 saturated carbocycles. The molecule has 46 heteroatoms. The van der Waals surface area contributed by atoms with Crippen molar-refractivity contribution in [2.24, 2.45) is 0 Å². The Hall–Kier alpha value is -16.0. The molecule has 0 saturated heterocycles. The van der Waals surface area contributed by atoms with Gasteiger partial charge in [-0.05, 0) is 218 Å². The largest absolute Gasteiger partial charge is 0.497 e. The molecule has 0 fully saturated rings. The fourth-order valence-electron chi connectivity index (χ4n) is 15.2. The van der Waals surface area contributed by atoms with Crippen LogP contribution >= 0.6 is 0 Å². The van der Waals surface area contributed by atoms with Crippen LogP contribution in [0, 0.1) is 118 Å². The number of nitrogens with zero attached hydrogens (tertiary/aromatic N) is 1. The Kier molecular flexibility index (Phi) is 31.0. The Bertz CT molecular complexity index is 8280. The van der Waals surface area contributed by atoms with E-state index >= 15 is 48.3 Å². The molecule has 15 rings (SSSR count). The maximum absolute atomic E-state index is 15.2. The van der Waals surface area contributed by atoms with Crippen LogP contribution in [-0.2, 0) is 60.7 Å². The van der Waals surface area contributed by atoms with Crippen LogP contribution in [0.2, 0.25) is 0 Å². The molecule has 0 aliphatic heterocycles. The van der Waals surface area contributed by atoms with Crippen LogP contribution in [0.3, 0.4) is 0 Å². The van der Waals surface area contributed by atoms with Crippen LogP contribution in [-0.4, -0.2) is 77.7 Å². The molecule has 150 heavy (non-hydrogen) atoms. The molecule has 0 aromatic heterocycles. The van der Waals surface area contributed by atoms with Crippen molar-refractivity contribution in [1.29, 1.82) is 5.26 Å². The Morgan fingerprint density at radius 1 is 0.320 bits per heavy atom. The maximum Gasteiger partial charge on any atom is 0.402 e. The number of ether oxygens (including phenoxy) is 8. The number of benzene rings is 15. The molecule has 778 valence electrons. The third kappa shape index (κ3) is 21.3. The number of nitriles is 1. The summed E-state index contributed by atoms with van der Waals surface area (Å²) in [4.78, 5) is 2.94. The van der Waals surface area contributed by atoms with Crippen molar-refractivity contribution >= 4 is 45.7 Å². The van der Waals surface area contributed by atoms with E-state index in [0.29, 0.717) is 48.6 Å². The molecule has 0 aliphatic carbocycles. The number of alkyl halides is 6. The number of methoxy groups -OCH3 is 2. The van der Waals surface area contributed by atoms with E-state index in [1.165, 1.54) is 135 Å². The van der Waals surface area contributed by atoms with E-state index in [9.17, 15) is 96.6 Å². The Morgan fingerprint density at radius 3 is 0.853 bits per heavy atom. The van der Waals surface area contributed by atoms with Gasteiger partial charge in [0, 0.05) is 27.8 Å². The molecule has 15 aromatic rings. The molecule has 0 bridgehead atoms. The Balaban J connectivity index is 0.000000237. The monoisotopic (exact) mass is 2180 g/mol. The highest BCUT2D eigenvalue weighted by molar-refractivity contribution is 7.92. The number of rotatable bonds is 30. The molecular formula is C104H65F22NO19S4. The molecular weight excluding hydrogens is 2110 g/mol. The summed E-state index contributed by atoms with van der Waals surface area (Å²) >= 11 is 0. The van der Waals surface area contributed by atoms with Crippen LogP contribution in [0.15, 0.2) is 273 Å². The van der Waals surface area contributed by atoms with Crippen molar-refractivity contribution in [2.75, 3.05) is 21.3 Å². The maximum atomic E-state index is 15.2. The third-order valence-electron chi connectivity index (χ3n) is 23.5. The summed E-state index contributed by atoms with van der Waals surface area (Å²) < 4.78 is 486. The minimum Gasteiger partial charge on any atom is -0.497 e. The van der Waals surface area contributed by atoms with E-state index in [4.69, 9.17) is 42.1 Å². The molecule has 15 aromatic carbocycles. The smallest absolute Gasteiger partial charge is 0.402 e. The number of halogens is 22. The molecule has 2 atom stereocenters. The molecule has 0 aliphatic rings. The second-order valence-corrected chi connectivity index (χ2v) is 39.4. The van der Waals surface area contributed by atoms with Gasteiger partial charge in [0.2, 0.25) is 54.4 Å². The van der Waals surface area contributed by atoms with Crippen LogP contribution in [0.1, 0.15) is 74.3 Å². The number of carbonyl (C=O) groups is 1. The average molecular weight is 2180 g/mol. The number of carbonyl (C=O) groups excluding carboxylic acids is 1. The highest BCUT2D eigenvalue weighted by Gasteiger charge is 2.55. The summed E-state index contributed by atoms with van der Waals surface area (Å²) in [5, 5.41) is 10.1. The quantitative estimate of drug-likeness (QED) is 0.0144. The van der Waals surface area contributed by atoms with Gasteiger partial charge in [0.15, 0.2) is 75.6 Å². The van der Waals surface area contributed by atoms with Gasteiger partial charge in [0.05, 0.1) is 21.3 Å². The lowest BCUT2D eigenvalue weighted by molar-refractivity contribution is -0.173. The van der Waals surface area contributed by atoms with Gasteiger partial charge in [0.1, 0.15) is 122 Å². The first-order chi connectivity index (χ1) is 70.4. The predicted molar refractivity (Wildman–Crippen MR) is 490 cm³/mol. The third-order valence-corrected chi connectivity index (χ3v) is 29.1. The number of ketones is 1. The average Bonchev–Trinajstić information content (AvgIpc) is 0.732. The van der Waals surface area contributed by atoms with Gasteiger partial charge in [-0.1, -0.05) is 103 Å². The van der Waals surface area contributed by atoms with Gasteiger partial charge >= 0.3 is 12.4 Å². The van der Waals surface area contributed by atoms with Crippen LogP contribution in [0.25, 0.3) is 22.3 Å². The normalized spacial score (nSPS) is 12.7. The Morgan fingerprint density at radius 2 is 0.573 bits per heavy atom. The van der Waals surface area contributed by atoms with Gasteiger partial charge < -0.3 is 37.9 Å². The molecule has 0 radical (unpaired) electrons. The van der Waals surface area contributed by atoms with Crippen LogP contribution in [0.4, 0.5) is 96.6 Å². The van der Waals surface area contributed by atoms with Crippen molar-refractivity contribution < 1.29 is 182 Å². The standard InChI is InChI=1S/C53H34F8O13S3.C51H31F14NO6S/c1-27-42(54)46(58)52(47(59)43(27)55)76(66,67)53-48(60)44(56)51(45(57)49(53)61)74-38-20-10-31(11-21-38)30-6-16-36(17-7-30)72-39-22-12-32(24-34(39)26-75(63,64)65)50(62)33-13-23-40(41(25-33)77(68,69)71-3)73-37-18-8-29(9-19-37)28-4-14-35(70-2)15-5-28;1-25-37(52)41(56)46(42(57)38(25)53)73(67,68)47-43(58)39(54)45(40(55)44(47)59)72-33-22-14-29(15-23-33)49(3,51(63,64)65)28-12-20-32(21-13-28)71-36-7-5-6-35(34(36)24-66)70-31-18-10-27(11-19-31)48(2,50(60,61)62)26-8-16-30(69-4)17-9-26/h4-25H,26H2,1-3H3,(H,63,64,65);5-23H,1-4H3. The van der Waals surface area contributed by atoms with E-state index in [1.54, 1.807) is 43.5 Å². The highest BCUT2D eigenvalue weighted by atomic mass is 32.2. The summed E-state index contributed by atoms with van der Waals surface area (Å²) in [6.45, 7) is 2.78. The predicted octanol–water partition coefficient (Wildman–Crippen LogP) is 27.5. The number of sulfone groups is 2. The van der Waals surface area contributed by atoms with E-state index in [-0.39, 0.29) is 79.4 Å². The summed E-state index contributed by atoms with van der Waals surface area (Å²) in [5.41, 5.74) is -7.41. The zero-order valence-electron chi connectivity index (χ0n) is 77.1. The molecule has 0 heterocycles. The Labute approximate surface area is 836 Å². The molecule has 0 spiro atoms. The van der Waals surface area contributed by atoms with Crippen LogP contribution in [0.5, 0.6) is 80.5 Å².